The molecular formula is C20H20FN3O4S. The molecule has 2 heterocycles. The summed E-state index contributed by atoms with van der Waals surface area (Å²) in [5.74, 6) is 0.199. The minimum Gasteiger partial charge on any atom is -0.367 e. The van der Waals surface area contributed by atoms with Crippen molar-refractivity contribution in [1.29, 1.82) is 0 Å². The molecule has 0 amide bonds. The van der Waals surface area contributed by atoms with Crippen molar-refractivity contribution in [3.63, 3.8) is 0 Å². The fraction of sp³-hybridized carbons (Fsp3) is 0.300. The molecule has 152 valence electrons. The highest BCUT2D eigenvalue weighted by Gasteiger charge is 2.35. The molecule has 1 unspecified atom stereocenters. The van der Waals surface area contributed by atoms with Gasteiger partial charge in [-0.15, -0.1) is 0 Å². The maximum atomic E-state index is 13.1. The predicted molar refractivity (Wildman–Crippen MR) is 102 cm³/mol. The van der Waals surface area contributed by atoms with Gasteiger partial charge in [0.05, 0.1) is 11.5 Å². The van der Waals surface area contributed by atoms with Crippen LogP contribution < -0.4 is 0 Å². The first kappa shape index (κ1) is 19.7. The molecule has 0 spiro atoms. The van der Waals surface area contributed by atoms with Crippen LogP contribution in [0, 0.1) is 5.82 Å². The van der Waals surface area contributed by atoms with Gasteiger partial charge in [0.1, 0.15) is 12.4 Å². The Balaban J connectivity index is 1.35. The number of hydrogen-bond donors (Lipinski definition) is 0. The van der Waals surface area contributed by atoms with Crippen LogP contribution in [-0.4, -0.2) is 36.0 Å². The van der Waals surface area contributed by atoms with E-state index in [2.05, 4.69) is 10.1 Å². The summed E-state index contributed by atoms with van der Waals surface area (Å²) in [6, 6.07) is 14.6. The fourth-order valence-corrected chi connectivity index (χ4v) is 4.74. The lowest BCUT2D eigenvalue weighted by Crippen LogP contribution is -2.28. The highest BCUT2D eigenvalue weighted by molar-refractivity contribution is 7.89. The van der Waals surface area contributed by atoms with E-state index in [1.807, 2.05) is 30.3 Å². The summed E-state index contributed by atoms with van der Waals surface area (Å²) in [6.07, 6.45) is 0.588. The molecule has 7 nitrogen and oxygen atoms in total. The van der Waals surface area contributed by atoms with Crippen molar-refractivity contribution >= 4 is 10.0 Å². The van der Waals surface area contributed by atoms with E-state index < -0.39 is 15.8 Å². The first-order chi connectivity index (χ1) is 14.0. The summed E-state index contributed by atoms with van der Waals surface area (Å²) in [4.78, 5) is 4.42. The number of rotatable bonds is 7. The quantitative estimate of drug-likeness (QED) is 0.587. The molecule has 1 fully saturated rings. The van der Waals surface area contributed by atoms with Crippen LogP contribution in [0.2, 0.25) is 0 Å². The summed E-state index contributed by atoms with van der Waals surface area (Å²) >= 11 is 0. The smallest absolute Gasteiger partial charge is 0.252 e. The van der Waals surface area contributed by atoms with Crippen molar-refractivity contribution in [2.75, 3.05) is 13.1 Å². The molecule has 4 rings (SSSR count). The maximum Gasteiger partial charge on any atom is 0.252 e. The van der Waals surface area contributed by atoms with Crippen LogP contribution in [0.3, 0.4) is 0 Å². The van der Waals surface area contributed by atoms with Gasteiger partial charge in [0, 0.05) is 19.0 Å². The average molecular weight is 417 g/mol. The molecule has 1 saturated heterocycles. The van der Waals surface area contributed by atoms with Crippen LogP contribution in [-0.2, 0) is 28.0 Å². The summed E-state index contributed by atoms with van der Waals surface area (Å²) in [5.41, 5.74) is 1.05. The Labute approximate surface area is 168 Å². The third kappa shape index (κ3) is 4.52. The summed E-state index contributed by atoms with van der Waals surface area (Å²) in [7, 11) is -3.68. The van der Waals surface area contributed by atoms with Crippen LogP contribution >= 0.6 is 0 Å². The summed E-state index contributed by atoms with van der Waals surface area (Å²) in [6.45, 7) is 1.22. The normalized spacial score (nSPS) is 17.6. The molecule has 1 atom stereocenters. The highest BCUT2D eigenvalue weighted by atomic mass is 32.2. The van der Waals surface area contributed by atoms with Gasteiger partial charge in [-0.1, -0.05) is 35.5 Å². The Morgan fingerprint density at radius 3 is 2.62 bits per heavy atom. The van der Waals surface area contributed by atoms with Crippen LogP contribution in [0.4, 0.5) is 4.39 Å². The monoisotopic (exact) mass is 417 g/mol. The topological polar surface area (TPSA) is 85.5 Å². The second-order valence-electron chi connectivity index (χ2n) is 6.83. The van der Waals surface area contributed by atoms with E-state index >= 15 is 0 Å². The second kappa shape index (κ2) is 8.40. The lowest BCUT2D eigenvalue weighted by atomic mass is 10.1. The summed E-state index contributed by atoms with van der Waals surface area (Å²) in [5, 5.41) is 3.99. The van der Waals surface area contributed by atoms with E-state index in [0.717, 1.165) is 17.7 Å². The Morgan fingerprint density at radius 1 is 1.10 bits per heavy atom. The molecule has 0 radical (unpaired) electrons. The molecule has 29 heavy (non-hydrogen) atoms. The molecule has 0 saturated carbocycles. The number of aromatic nitrogens is 2. The first-order valence-corrected chi connectivity index (χ1v) is 10.7. The standard InChI is InChI=1S/C20H20FN3O4S/c21-17-6-8-18(9-7-17)29(25,26)24-11-10-16(12-24)20-22-19(28-23-20)14-27-13-15-4-2-1-3-5-15/h1-9,16H,10-14H2. The molecule has 9 heteroatoms. The second-order valence-corrected chi connectivity index (χ2v) is 8.77. The third-order valence-corrected chi connectivity index (χ3v) is 6.67. The van der Waals surface area contributed by atoms with Gasteiger partial charge in [-0.05, 0) is 36.2 Å². The Kier molecular flexibility index (Phi) is 5.70. The molecule has 1 aromatic heterocycles. The van der Waals surface area contributed by atoms with Crippen LogP contribution in [0.1, 0.15) is 29.6 Å². The predicted octanol–water partition coefficient (Wildman–Crippen LogP) is 3.10. The van der Waals surface area contributed by atoms with Crippen LogP contribution in [0.5, 0.6) is 0 Å². The number of sulfonamides is 1. The van der Waals surface area contributed by atoms with E-state index in [9.17, 15) is 12.8 Å². The zero-order chi connectivity index (χ0) is 20.3. The lowest BCUT2D eigenvalue weighted by molar-refractivity contribution is 0.0850. The molecule has 0 N–H and O–H groups in total. The minimum atomic E-state index is -3.68. The number of hydrogen-bond acceptors (Lipinski definition) is 6. The third-order valence-electron chi connectivity index (χ3n) is 4.79. The molecule has 0 bridgehead atoms. The molecule has 1 aliphatic rings. The first-order valence-electron chi connectivity index (χ1n) is 9.22. The van der Waals surface area contributed by atoms with Gasteiger partial charge >= 0.3 is 0 Å². The summed E-state index contributed by atoms with van der Waals surface area (Å²) < 4.78 is 50.7. The highest BCUT2D eigenvalue weighted by Crippen LogP contribution is 2.29. The molecule has 2 aromatic carbocycles. The Morgan fingerprint density at radius 2 is 1.86 bits per heavy atom. The van der Waals surface area contributed by atoms with Crippen molar-refractivity contribution in [1.82, 2.24) is 14.4 Å². The Hall–Kier alpha value is -2.62. The van der Waals surface area contributed by atoms with Gasteiger partial charge in [-0.2, -0.15) is 9.29 Å². The van der Waals surface area contributed by atoms with Gasteiger partial charge in [-0.3, -0.25) is 0 Å². The number of halogens is 1. The number of nitrogens with zero attached hydrogens (tertiary/aromatic N) is 3. The van der Waals surface area contributed by atoms with Gasteiger partial charge in [-0.25, -0.2) is 12.8 Å². The number of benzene rings is 2. The van der Waals surface area contributed by atoms with Crippen molar-refractivity contribution in [3.05, 3.63) is 77.7 Å². The number of ether oxygens (including phenoxy) is 1. The minimum absolute atomic E-state index is 0.0719. The van der Waals surface area contributed by atoms with E-state index in [1.165, 1.54) is 16.4 Å². The zero-order valence-corrected chi connectivity index (χ0v) is 16.4. The zero-order valence-electron chi connectivity index (χ0n) is 15.6. The van der Waals surface area contributed by atoms with Crippen LogP contribution in [0.25, 0.3) is 0 Å². The maximum absolute atomic E-state index is 13.1. The fourth-order valence-electron chi connectivity index (χ4n) is 3.24. The molecular weight excluding hydrogens is 397 g/mol. The van der Waals surface area contributed by atoms with Crippen molar-refractivity contribution in [2.45, 2.75) is 30.4 Å². The van der Waals surface area contributed by atoms with Gasteiger partial charge < -0.3 is 9.26 Å². The SMILES string of the molecule is O=S(=O)(c1ccc(F)cc1)N1CCC(c2noc(COCc3ccccc3)n2)C1. The van der Waals surface area contributed by atoms with Gasteiger partial charge in [0.25, 0.3) is 5.89 Å². The van der Waals surface area contributed by atoms with Gasteiger partial charge in [0.15, 0.2) is 5.82 Å². The van der Waals surface area contributed by atoms with E-state index in [0.29, 0.717) is 31.3 Å². The van der Waals surface area contributed by atoms with Gasteiger partial charge in [0.2, 0.25) is 10.0 Å². The van der Waals surface area contributed by atoms with Crippen molar-refractivity contribution in [2.24, 2.45) is 0 Å². The Bertz CT molecular complexity index is 1050. The molecule has 3 aromatic rings. The van der Waals surface area contributed by atoms with E-state index in [1.54, 1.807) is 0 Å². The van der Waals surface area contributed by atoms with Crippen LogP contribution in [0.15, 0.2) is 64.0 Å². The van der Waals surface area contributed by atoms with Crippen molar-refractivity contribution < 1.29 is 22.1 Å². The van der Waals surface area contributed by atoms with E-state index in [4.69, 9.17) is 9.26 Å². The molecule has 1 aliphatic heterocycles. The average Bonchev–Trinajstić information content (AvgIpc) is 3.39. The van der Waals surface area contributed by atoms with Crippen molar-refractivity contribution in [3.8, 4) is 0 Å². The lowest BCUT2D eigenvalue weighted by Gasteiger charge is -2.15. The largest absolute Gasteiger partial charge is 0.367 e. The van der Waals surface area contributed by atoms with E-state index in [-0.39, 0.29) is 24.0 Å². The molecule has 0 aliphatic carbocycles.